The molecule has 0 bridgehead atoms. The summed E-state index contributed by atoms with van der Waals surface area (Å²) in [5, 5.41) is 14.1. The molecule has 0 aliphatic heterocycles. The number of hydrogen-bond donors (Lipinski definition) is 3. The summed E-state index contributed by atoms with van der Waals surface area (Å²) < 4.78 is 10.7. The fourth-order valence-corrected chi connectivity index (χ4v) is 2.47. The minimum atomic E-state index is -0.0352. The molecule has 1 aromatic carbocycles. The van der Waals surface area contributed by atoms with Crippen LogP contribution in [0.1, 0.15) is 4.88 Å². The highest BCUT2D eigenvalue weighted by Crippen LogP contribution is 2.30. The summed E-state index contributed by atoms with van der Waals surface area (Å²) in [7, 11) is 1.58. The lowest BCUT2D eigenvalue weighted by Crippen LogP contribution is -2.04. The lowest BCUT2D eigenvalue weighted by molar-refractivity contribution is 0.196. The topological polar surface area (TPSA) is 76.7 Å². The number of ether oxygens (including phenoxy) is 2. The Labute approximate surface area is 121 Å². The SMILES string of the molecule is COc1ccc(NCc2sccc2N)cc1OCCO. The Hall–Kier alpha value is -1.92. The summed E-state index contributed by atoms with van der Waals surface area (Å²) in [6.45, 7) is 0.861. The molecule has 1 aromatic heterocycles. The van der Waals surface area contributed by atoms with Crippen molar-refractivity contribution in [3.05, 3.63) is 34.5 Å². The van der Waals surface area contributed by atoms with E-state index in [0.29, 0.717) is 18.0 Å². The highest BCUT2D eigenvalue weighted by Gasteiger charge is 2.06. The van der Waals surface area contributed by atoms with E-state index in [9.17, 15) is 0 Å². The van der Waals surface area contributed by atoms with Crippen LogP contribution in [-0.4, -0.2) is 25.4 Å². The summed E-state index contributed by atoms with van der Waals surface area (Å²) >= 11 is 1.62. The lowest BCUT2D eigenvalue weighted by atomic mass is 10.2. The van der Waals surface area contributed by atoms with Crippen molar-refractivity contribution in [3.63, 3.8) is 0 Å². The average Bonchev–Trinajstić information content (AvgIpc) is 2.88. The Morgan fingerprint density at radius 1 is 1.30 bits per heavy atom. The van der Waals surface area contributed by atoms with Crippen molar-refractivity contribution in [1.29, 1.82) is 0 Å². The molecule has 20 heavy (non-hydrogen) atoms. The number of nitrogen functional groups attached to an aromatic ring is 1. The Balaban J connectivity index is 2.06. The predicted octanol–water partition coefficient (Wildman–Crippen LogP) is 2.32. The van der Waals surface area contributed by atoms with Crippen molar-refractivity contribution >= 4 is 22.7 Å². The van der Waals surface area contributed by atoms with Gasteiger partial charge in [0.25, 0.3) is 0 Å². The van der Waals surface area contributed by atoms with Gasteiger partial charge in [-0.1, -0.05) is 0 Å². The Morgan fingerprint density at radius 2 is 2.15 bits per heavy atom. The number of thiophene rings is 1. The van der Waals surface area contributed by atoms with Gasteiger partial charge in [0.2, 0.25) is 0 Å². The van der Waals surface area contributed by atoms with Gasteiger partial charge in [0.05, 0.1) is 20.3 Å². The molecule has 108 valence electrons. The van der Waals surface area contributed by atoms with Crippen LogP contribution in [0.3, 0.4) is 0 Å². The third-order valence-corrected chi connectivity index (χ3v) is 3.68. The van der Waals surface area contributed by atoms with E-state index in [4.69, 9.17) is 20.3 Å². The van der Waals surface area contributed by atoms with Crippen LogP contribution >= 0.6 is 11.3 Å². The number of rotatable bonds is 7. The van der Waals surface area contributed by atoms with Crippen LogP contribution in [-0.2, 0) is 6.54 Å². The van der Waals surface area contributed by atoms with Crippen LogP contribution in [0.2, 0.25) is 0 Å². The first-order chi connectivity index (χ1) is 9.74. The summed E-state index contributed by atoms with van der Waals surface area (Å²) in [6.07, 6.45) is 0. The number of methoxy groups -OCH3 is 1. The monoisotopic (exact) mass is 294 g/mol. The van der Waals surface area contributed by atoms with Crippen LogP contribution in [0.25, 0.3) is 0 Å². The van der Waals surface area contributed by atoms with Gasteiger partial charge >= 0.3 is 0 Å². The summed E-state index contributed by atoms with van der Waals surface area (Å²) in [4.78, 5) is 1.10. The minimum Gasteiger partial charge on any atom is -0.493 e. The Morgan fingerprint density at radius 3 is 2.80 bits per heavy atom. The normalized spacial score (nSPS) is 10.3. The third-order valence-electron chi connectivity index (χ3n) is 2.75. The minimum absolute atomic E-state index is 0.0352. The first kappa shape index (κ1) is 14.5. The Kier molecular flexibility index (Phi) is 5.09. The molecule has 0 atom stereocenters. The standard InChI is InChI=1S/C14H18N2O3S/c1-18-12-3-2-10(8-13(12)19-6-5-17)16-9-14-11(15)4-7-20-14/h2-4,7-8,16-17H,5-6,9,15H2,1H3. The van der Waals surface area contributed by atoms with Gasteiger partial charge < -0.3 is 25.6 Å². The molecule has 0 spiro atoms. The molecular weight excluding hydrogens is 276 g/mol. The van der Waals surface area contributed by atoms with E-state index in [2.05, 4.69) is 5.32 Å². The number of benzene rings is 1. The maximum absolute atomic E-state index is 8.83. The molecule has 1 heterocycles. The van der Waals surface area contributed by atoms with Crippen LogP contribution < -0.4 is 20.5 Å². The van der Waals surface area contributed by atoms with Crippen LogP contribution in [0.4, 0.5) is 11.4 Å². The molecule has 0 fully saturated rings. The van der Waals surface area contributed by atoms with Gasteiger partial charge in [-0.2, -0.15) is 0 Å². The zero-order chi connectivity index (χ0) is 14.4. The predicted molar refractivity (Wildman–Crippen MR) is 81.6 cm³/mol. The van der Waals surface area contributed by atoms with E-state index in [1.165, 1.54) is 0 Å². The second-order valence-electron chi connectivity index (χ2n) is 4.09. The van der Waals surface area contributed by atoms with Gasteiger partial charge in [0.1, 0.15) is 6.61 Å². The summed E-state index contributed by atoms with van der Waals surface area (Å²) in [6, 6.07) is 7.48. The van der Waals surface area contributed by atoms with Crippen molar-refractivity contribution in [2.24, 2.45) is 0 Å². The van der Waals surface area contributed by atoms with Crippen LogP contribution in [0, 0.1) is 0 Å². The molecule has 0 unspecified atom stereocenters. The van der Waals surface area contributed by atoms with Gasteiger partial charge in [-0.25, -0.2) is 0 Å². The maximum atomic E-state index is 8.83. The highest BCUT2D eigenvalue weighted by molar-refractivity contribution is 7.10. The molecule has 0 radical (unpaired) electrons. The average molecular weight is 294 g/mol. The van der Waals surface area contributed by atoms with Crippen LogP contribution in [0.5, 0.6) is 11.5 Å². The number of hydrogen-bond acceptors (Lipinski definition) is 6. The number of aliphatic hydroxyl groups is 1. The maximum Gasteiger partial charge on any atom is 0.163 e. The quantitative estimate of drug-likeness (QED) is 0.730. The number of anilines is 2. The molecule has 0 saturated heterocycles. The number of nitrogens with two attached hydrogens (primary N) is 1. The number of aliphatic hydroxyl groups excluding tert-OH is 1. The highest BCUT2D eigenvalue weighted by atomic mass is 32.1. The van der Waals surface area contributed by atoms with Gasteiger partial charge in [0.15, 0.2) is 11.5 Å². The van der Waals surface area contributed by atoms with E-state index >= 15 is 0 Å². The van der Waals surface area contributed by atoms with Crippen molar-refractivity contribution in [2.45, 2.75) is 6.54 Å². The molecule has 5 nitrogen and oxygen atoms in total. The largest absolute Gasteiger partial charge is 0.493 e. The van der Waals surface area contributed by atoms with E-state index in [1.807, 2.05) is 29.6 Å². The van der Waals surface area contributed by atoms with Crippen molar-refractivity contribution < 1.29 is 14.6 Å². The summed E-state index contributed by atoms with van der Waals surface area (Å²) in [5.74, 6) is 1.24. The fraction of sp³-hybridized carbons (Fsp3) is 0.286. The molecule has 0 amide bonds. The van der Waals surface area contributed by atoms with Crippen molar-refractivity contribution in [1.82, 2.24) is 0 Å². The van der Waals surface area contributed by atoms with Crippen LogP contribution in [0.15, 0.2) is 29.6 Å². The first-order valence-corrected chi connectivity index (χ1v) is 7.10. The molecule has 0 aliphatic carbocycles. The van der Waals surface area contributed by atoms with E-state index in [-0.39, 0.29) is 13.2 Å². The van der Waals surface area contributed by atoms with E-state index < -0.39 is 0 Å². The van der Waals surface area contributed by atoms with Crippen molar-refractivity contribution in [3.8, 4) is 11.5 Å². The zero-order valence-corrected chi connectivity index (χ0v) is 12.1. The molecule has 4 N–H and O–H groups in total. The first-order valence-electron chi connectivity index (χ1n) is 6.22. The second kappa shape index (κ2) is 7.02. The van der Waals surface area contributed by atoms with Gasteiger partial charge in [0, 0.05) is 22.3 Å². The van der Waals surface area contributed by atoms with Gasteiger partial charge in [-0.3, -0.25) is 0 Å². The molecule has 0 saturated carbocycles. The zero-order valence-electron chi connectivity index (χ0n) is 11.3. The summed E-state index contributed by atoms with van der Waals surface area (Å²) in [5.41, 5.74) is 7.55. The Bertz CT molecular complexity index is 557. The molecular formula is C14H18N2O3S. The fourth-order valence-electron chi connectivity index (χ4n) is 1.73. The third kappa shape index (κ3) is 3.55. The number of nitrogens with one attached hydrogen (secondary N) is 1. The smallest absolute Gasteiger partial charge is 0.163 e. The van der Waals surface area contributed by atoms with Gasteiger partial charge in [-0.15, -0.1) is 11.3 Å². The van der Waals surface area contributed by atoms with Crippen molar-refractivity contribution in [2.75, 3.05) is 31.4 Å². The molecule has 2 rings (SSSR count). The second-order valence-corrected chi connectivity index (χ2v) is 5.09. The molecule has 6 heteroatoms. The van der Waals surface area contributed by atoms with E-state index in [0.717, 1.165) is 16.3 Å². The van der Waals surface area contributed by atoms with Gasteiger partial charge in [-0.05, 0) is 23.6 Å². The molecule has 0 aliphatic rings. The lowest BCUT2D eigenvalue weighted by Gasteiger charge is -2.12. The van der Waals surface area contributed by atoms with E-state index in [1.54, 1.807) is 18.4 Å². The molecule has 2 aromatic rings.